The normalized spacial score (nSPS) is 21.0. The van der Waals surface area contributed by atoms with Gasteiger partial charge in [-0.05, 0) is 57.6 Å². The van der Waals surface area contributed by atoms with Gasteiger partial charge in [0.1, 0.15) is 11.6 Å². The van der Waals surface area contributed by atoms with Crippen molar-refractivity contribution in [2.24, 2.45) is 0 Å². The lowest BCUT2D eigenvalue weighted by atomic mass is 10.1. The third-order valence-electron chi connectivity index (χ3n) is 3.60. The predicted molar refractivity (Wildman–Crippen MR) is 68.3 cm³/mol. The molecule has 2 nitrogen and oxygen atoms in total. The molecule has 1 N–H and O–H groups in total. The zero-order chi connectivity index (χ0) is 13.0. The minimum Gasteiger partial charge on any atom is -0.317 e. The maximum atomic E-state index is 13.6. The second kappa shape index (κ2) is 6.25. The monoisotopic (exact) mass is 254 g/mol. The molecule has 0 aromatic heterocycles. The minimum atomic E-state index is -0.373. The van der Waals surface area contributed by atoms with Crippen LogP contribution in [0.1, 0.15) is 24.8 Å². The van der Waals surface area contributed by atoms with Crippen LogP contribution < -0.4 is 5.32 Å². The Morgan fingerprint density at radius 3 is 2.94 bits per heavy atom. The van der Waals surface area contributed by atoms with Gasteiger partial charge in [0.15, 0.2) is 0 Å². The molecule has 1 heterocycles. The van der Waals surface area contributed by atoms with Crippen molar-refractivity contribution in [3.63, 3.8) is 0 Å². The summed E-state index contributed by atoms with van der Waals surface area (Å²) in [5.74, 6) is -0.697. The molecule has 1 aliphatic rings. The van der Waals surface area contributed by atoms with Crippen molar-refractivity contribution in [1.82, 2.24) is 10.2 Å². The van der Waals surface area contributed by atoms with Crippen molar-refractivity contribution in [3.05, 3.63) is 35.4 Å². The molecule has 0 spiro atoms. The van der Waals surface area contributed by atoms with Crippen LogP contribution in [0.2, 0.25) is 0 Å². The summed E-state index contributed by atoms with van der Waals surface area (Å²) in [6.07, 6.45) is 3.31. The van der Waals surface area contributed by atoms with E-state index in [1.807, 2.05) is 7.05 Å². The lowest BCUT2D eigenvalue weighted by Crippen LogP contribution is -2.32. The van der Waals surface area contributed by atoms with Gasteiger partial charge in [0.25, 0.3) is 0 Å². The standard InChI is InChI=1S/C14H20F2N2/c1-18(13-3-2-7-17-8-6-13)10-11-9-12(15)4-5-14(11)16/h4-5,9,13,17H,2-3,6-8,10H2,1H3. The van der Waals surface area contributed by atoms with Crippen molar-refractivity contribution in [1.29, 1.82) is 0 Å². The summed E-state index contributed by atoms with van der Waals surface area (Å²) >= 11 is 0. The highest BCUT2D eigenvalue weighted by Crippen LogP contribution is 2.17. The van der Waals surface area contributed by atoms with Crippen molar-refractivity contribution >= 4 is 0 Å². The first-order valence-electron chi connectivity index (χ1n) is 6.51. The maximum absolute atomic E-state index is 13.6. The Morgan fingerprint density at radius 1 is 1.28 bits per heavy atom. The number of benzene rings is 1. The second-order valence-electron chi connectivity index (χ2n) is 4.99. The molecule has 0 radical (unpaired) electrons. The first-order valence-corrected chi connectivity index (χ1v) is 6.51. The summed E-state index contributed by atoms with van der Waals surface area (Å²) < 4.78 is 26.7. The molecule has 1 atom stereocenters. The SMILES string of the molecule is CN(Cc1cc(F)ccc1F)C1CCCNCC1. The average Bonchev–Trinajstić information content (AvgIpc) is 2.62. The van der Waals surface area contributed by atoms with Gasteiger partial charge >= 0.3 is 0 Å². The molecular formula is C14H20F2N2. The van der Waals surface area contributed by atoms with Gasteiger partial charge in [0, 0.05) is 18.2 Å². The van der Waals surface area contributed by atoms with Crippen LogP contribution in [0.5, 0.6) is 0 Å². The fourth-order valence-electron chi connectivity index (χ4n) is 2.50. The van der Waals surface area contributed by atoms with Gasteiger partial charge in [0.2, 0.25) is 0 Å². The molecular weight excluding hydrogens is 234 g/mol. The first-order chi connectivity index (χ1) is 8.66. The van der Waals surface area contributed by atoms with Gasteiger partial charge < -0.3 is 5.32 Å². The van der Waals surface area contributed by atoms with E-state index >= 15 is 0 Å². The lowest BCUT2D eigenvalue weighted by Gasteiger charge is -2.27. The van der Waals surface area contributed by atoms with Crippen LogP contribution in [-0.2, 0) is 6.54 Å². The van der Waals surface area contributed by atoms with Crippen LogP contribution in [0.25, 0.3) is 0 Å². The number of nitrogens with zero attached hydrogens (tertiary/aromatic N) is 1. The van der Waals surface area contributed by atoms with Crippen LogP contribution >= 0.6 is 0 Å². The topological polar surface area (TPSA) is 15.3 Å². The summed E-state index contributed by atoms with van der Waals surface area (Å²) in [6.45, 7) is 2.52. The Balaban J connectivity index is 2.00. The average molecular weight is 254 g/mol. The van der Waals surface area contributed by atoms with Crippen LogP contribution in [0, 0.1) is 11.6 Å². The molecule has 0 aliphatic carbocycles. The highest BCUT2D eigenvalue weighted by molar-refractivity contribution is 5.18. The molecule has 0 saturated carbocycles. The van der Waals surface area contributed by atoms with E-state index in [-0.39, 0.29) is 11.6 Å². The van der Waals surface area contributed by atoms with E-state index in [1.165, 1.54) is 12.1 Å². The summed E-state index contributed by atoms with van der Waals surface area (Å²) in [4.78, 5) is 2.13. The smallest absolute Gasteiger partial charge is 0.127 e. The molecule has 1 saturated heterocycles. The van der Waals surface area contributed by atoms with Crippen molar-refractivity contribution in [3.8, 4) is 0 Å². The molecule has 18 heavy (non-hydrogen) atoms. The number of hydrogen-bond donors (Lipinski definition) is 1. The van der Waals surface area contributed by atoms with Crippen LogP contribution in [0.15, 0.2) is 18.2 Å². The van der Waals surface area contributed by atoms with E-state index in [9.17, 15) is 8.78 Å². The Labute approximate surface area is 107 Å². The Morgan fingerprint density at radius 2 is 2.11 bits per heavy atom. The van der Waals surface area contributed by atoms with Crippen LogP contribution in [-0.4, -0.2) is 31.1 Å². The van der Waals surface area contributed by atoms with E-state index in [1.54, 1.807) is 0 Å². The Hall–Kier alpha value is -1.00. The van der Waals surface area contributed by atoms with E-state index in [4.69, 9.17) is 0 Å². The van der Waals surface area contributed by atoms with Gasteiger partial charge in [-0.1, -0.05) is 0 Å². The van der Waals surface area contributed by atoms with Crippen LogP contribution in [0.3, 0.4) is 0 Å². The van der Waals surface area contributed by atoms with Crippen LogP contribution in [0.4, 0.5) is 8.78 Å². The van der Waals surface area contributed by atoms with Gasteiger partial charge in [-0.3, -0.25) is 4.90 Å². The maximum Gasteiger partial charge on any atom is 0.127 e. The molecule has 1 fully saturated rings. The number of hydrogen-bond acceptors (Lipinski definition) is 2. The first kappa shape index (κ1) is 13.4. The lowest BCUT2D eigenvalue weighted by molar-refractivity contribution is 0.214. The van der Waals surface area contributed by atoms with Crippen molar-refractivity contribution in [2.75, 3.05) is 20.1 Å². The van der Waals surface area contributed by atoms with Crippen molar-refractivity contribution < 1.29 is 8.78 Å². The summed E-state index contributed by atoms with van der Waals surface area (Å²) in [6, 6.07) is 4.10. The van der Waals surface area contributed by atoms with Crippen molar-refractivity contribution in [2.45, 2.75) is 31.8 Å². The fraction of sp³-hybridized carbons (Fsp3) is 0.571. The third kappa shape index (κ3) is 3.50. The Bertz CT molecular complexity index is 387. The molecule has 1 aromatic carbocycles. The second-order valence-corrected chi connectivity index (χ2v) is 4.99. The summed E-state index contributed by atoms with van der Waals surface area (Å²) in [5, 5.41) is 3.36. The molecule has 1 unspecified atom stereocenters. The number of rotatable bonds is 3. The van der Waals surface area contributed by atoms with E-state index < -0.39 is 0 Å². The molecule has 100 valence electrons. The quantitative estimate of drug-likeness (QED) is 0.891. The minimum absolute atomic E-state index is 0.324. The largest absolute Gasteiger partial charge is 0.317 e. The summed E-state index contributed by atoms with van der Waals surface area (Å²) in [7, 11) is 1.99. The highest BCUT2D eigenvalue weighted by Gasteiger charge is 2.18. The molecule has 2 rings (SSSR count). The molecule has 1 aromatic rings. The molecule has 4 heteroatoms. The van der Waals surface area contributed by atoms with Gasteiger partial charge in [0.05, 0.1) is 0 Å². The number of halogens is 2. The van der Waals surface area contributed by atoms with E-state index in [2.05, 4.69) is 10.2 Å². The molecule has 0 bridgehead atoms. The predicted octanol–water partition coefficient (Wildman–Crippen LogP) is 2.54. The zero-order valence-electron chi connectivity index (χ0n) is 10.8. The number of nitrogens with one attached hydrogen (secondary N) is 1. The molecule has 0 amide bonds. The van der Waals surface area contributed by atoms with Gasteiger partial charge in [-0.15, -0.1) is 0 Å². The highest BCUT2D eigenvalue weighted by atomic mass is 19.1. The third-order valence-corrected chi connectivity index (χ3v) is 3.60. The van der Waals surface area contributed by atoms with E-state index in [0.29, 0.717) is 18.2 Å². The Kier molecular flexibility index (Phi) is 4.66. The zero-order valence-corrected chi connectivity index (χ0v) is 10.8. The summed E-state index contributed by atoms with van der Waals surface area (Å²) in [5.41, 5.74) is 0.440. The van der Waals surface area contributed by atoms with E-state index in [0.717, 1.165) is 38.4 Å². The molecule has 1 aliphatic heterocycles. The van der Waals surface area contributed by atoms with Gasteiger partial charge in [-0.2, -0.15) is 0 Å². The fourth-order valence-corrected chi connectivity index (χ4v) is 2.50. The van der Waals surface area contributed by atoms with Gasteiger partial charge in [-0.25, -0.2) is 8.78 Å².